The van der Waals surface area contributed by atoms with Crippen LogP contribution in [-0.2, 0) is 6.54 Å². The maximum atomic E-state index is 13.4. The summed E-state index contributed by atoms with van der Waals surface area (Å²) in [6, 6.07) is 3.23. The smallest absolute Gasteiger partial charge is 0.291 e. The summed E-state index contributed by atoms with van der Waals surface area (Å²) in [4.78, 5) is 25.8. The van der Waals surface area contributed by atoms with Crippen LogP contribution >= 0.6 is 15.9 Å². The second-order valence-corrected chi connectivity index (χ2v) is 5.33. The first kappa shape index (κ1) is 15.3. The number of benzene rings is 1. The third kappa shape index (κ3) is 3.15. The molecule has 0 saturated heterocycles. The van der Waals surface area contributed by atoms with E-state index < -0.39 is 16.4 Å². The fraction of sp³-hybridized carbons (Fsp3) is 0.231. The predicted molar refractivity (Wildman–Crippen MR) is 77.8 cm³/mol. The summed E-state index contributed by atoms with van der Waals surface area (Å²) in [5.41, 5.74) is 0.665. The standard InChI is InChI=1S/C13H11BrFN3O3/c1-7-12(14)8(2)17(13(19)16-7)6-9-3-10(15)5-11(4-9)18(20)21/h3-5H,6H2,1-2H3. The molecule has 0 aliphatic carbocycles. The summed E-state index contributed by atoms with van der Waals surface area (Å²) in [5.74, 6) is -0.718. The van der Waals surface area contributed by atoms with Gasteiger partial charge in [0.05, 0.1) is 27.7 Å². The van der Waals surface area contributed by atoms with E-state index in [0.29, 0.717) is 21.4 Å². The van der Waals surface area contributed by atoms with Gasteiger partial charge in [-0.3, -0.25) is 14.7 Å². The lowest BCUT2D eigenvalue weighted by Gasteiger charge is -2.12. The fourth-order valence-electron chi connectivity index (χ4n) is 1.98. The largest absolute Gasteiger partial charge is 0.348 e. The van der Waals surface area contributed by atoms with Gasteiger partial charge < -0.3 is 0 Å². The molecule has 0 saturated carbocycles. The molecule has 0 bridgehead atoms. The molecule has 0 N–H and O–H groups in total. The number of halogens is 2. The molecule has 0 spiro atoms. The van der Waals surface area contributed by atoms with Crippen molar-refractivity contribution < 1.29 is 9.31 Å². The Morgan fingerprint density at radius 2 is 2.05 bits per heavy atom. The second kappa shape index (κ2) is 5.72. The van der Waals surface area contributed by atoms with Crippen LogP contribution in [0.5, 0.6) is 0 Å². The van der Waals surface area contributed by atoms with E-state index >= 15 is 0 Å². The number of nitro groups is 1. The number of hydrogen-bond donors (Lipinski definition) is 0. The van der Waals surface area contributed by atoms with Gasteiger partial charge in [0, 0.05) is 11.8 Å². The van der Waals surface area contributed by atoms with Crippen LogP contribution in [0, 0.1) is 29.8 Å². The first-order valence-electron chi connectivity index (χ1n) is 5.97. The number of non-ortho nitro benzene ring substituents is 1. The molecular formula is C13H11BrFN3O3. The number of hydrogen-bond acceptors (Lipinski definition) is 4. The van der Waals surface area contributed by atoms with Gasteiger partial charge in [-0.2, -0.15) is 4.98 Å². The minimum atomic E-state index is -0.718. The molecular weight excluding hydrogens is 345 g/mol. The van der Waals surface area contributed by atoms with Crippen LogP contribution in [0.1, 0.15) is 17.0 Å². The second-order valence-electron chi connectivity index (χ2n) is 4.54. The maximum absolute atomic E-state index is 13.4. The number of nitro benzene ring substituents is 1. The average molecular weight is 356 g/mol. The third-order valence-electron chi connectivity index (χ3n) is 3.03. The Hall–Kier alpha value is -2.09. The van der Waals surface area contributed by atoms with Gasteiger partial charge in [0.25, 0.3) is 5.69 Å². The molecule has 21 heavy (non-hydrogen) atoms. The van der Waals surface area contributed by atoms with Crippen LogP contribution in [0.15, 0.2) is 27.5 Å². The van der Waals surface area contributed by atoms with E-state index in [1.165, 1.54) is 10.6 Å². The zero-order chi connectivity index (χ0) is 15.7. The Morgan fingerprint density at radius 3 is 2.67 bits per heavy atom. The first-order valence-corrected chi connectivity index (χ1v) is 6.76. The minimum absolute atomic E-state index is 0.00907. The van der Waals surface area contributed by atoms with Crippen molar-refractivity contribution >= 4 is 21.6 Å². The molecule has 1 aromatic carbocycles. The summed E-state index contributed by atoms with van der Waals surface area (Å²) in [7, 11) is 0. The Morgan fingerprint density at radius 1 is 1.38 bits per heavy atom. The van der Waals surface area contributed by atoms with Gasteiger partial charge in [0.1, 0.15) is 5.82 Å². The zero-order valence-electron chi connectivity index (χ0n) is 11.3. The first-order chi connectivity index (χ1) is 9.79. The zero-order valence-corrected chi connectivity index (χ0v) is 12.8. The highest BCUT2D eigenvalue weighted by atomic mass is 79.9. The van der Waals surface area contributed by atoms with E-state index in [-0.39, 0.29) is 12.2 Å². The van der Waals surface area contributed by atoms with Crippen LogP contribution in [0.4, 0.5) is 10.1 Å². The van der Waals surface area contributed by atoms with E-state index in [0.717, 1.165) is 12.1 Å². The van der Waals surface area contributed by atoms with Crippen molar-refractivity contribution in [2.45, 2.75) is 20.4 Å². The topological polar surface area (TPSA) is 78.0 Å². The number of rotatable bonds is 3. The van der Waals surface area contributed by atoms with Crippen LogP contribution in [-0.4, -0.2) is 14.5 Å². The fourth-order valence-corrected chi connectivity index (χ4v) is 2.28. The summed E-state index contributed by atoms with van der Waals surface area (Å²) in [5, 5.41) is 10.7. The maximum Gasteiger partial charge on any atom is 0.348 e. The molecule has 0 atom stereocenters. The number of aromatic nitrogens is 2. The van der Waals surface area contributed by atoms with Crippen molar-refractivity contribution in [2.75, 3.05) is 0 Å². The lowest BCUT2D eigenvalue weighted by atomic mass is 10.2. The Bertz CT molecular complexity index is 789. The molecule has 0 unspecified atom stereocenters. The van der Waals surface area contributed by atoms with Crippen molar-refractivity contribution in [3.63, 3.8) is 0 Å². The van der Waals surface area contributed by atoms with Gasteiger partial charge >= 0.3 is 5.69 Å². The van der Waals surface area contributed by atoms with Crippen LogP contribution in [0.2, 0.25) is 0 Å². The molecule has 0 radical (unpaired) electrons. The molecule has 0 aliphatic heterocycles. The van der Waals surface area contributed by atoms with Crippen molar-refractivity contribution in [1.29, 1.82) is 0 Å². The molecule has 0 amide bonds. The Labute approximate surface area is 127 Å². The highest BCUT2D eigenvalue weighted by molar-refractivity contribution is 9.10. The van der Waals surface area contributed by atoms with Gasteiger partial charge in [-0.1, -0.05) is 0 Å². The quantitative estimate of drug-likeness (QED) is 0.626. The van der Waals surface area contributed by atoms with Gasteiger partial charge in [-0.15, -0.1) is 0 Å². The molecule has 110 valence electrons. The highest BCUT2D eigenvalue weighted by Gasteiger charge is 2.13. The Balaban J connectivity index is 2.51. The van der Waals surface area contributed by atoms with Crippen molar-refractivity contribution in [1.82, 2.24) is 9.55 Å². The molecule has 1 aromatic heterocycles. The van der Waals surface area contributed by atoms with Crippen molar-refractivity contribution in [3.8, 4) is 0 Å². The Kier molecular flexibility index (Phi) is 4.17. The average Bonchev–Trinajstić information content (AvgIpc) is 2.40. The van der Waals surface area contributed by atoms with E-state index in [2.05, 4.69) is 20.9 Å². The molecule has 1 heterocycles. The summed E-state index contributed by atoms with van der Waals surface area (Å²) in [6.45, 7) is 3.42. The normalized spacial score (nSPS) is 10.7. The van der Waals surface area contributed by atoms with Crippen molar-refractivity contribution in [2.24, 2.45) is 0 Å². The van der Waals surface area contributed by atoms with E-state index in [1.807, 2.05) is 0 Å². The van der Waals surface area contributed by atoms with Gasteiger partial charge in [0.15, 0.2) is 0 Å². The number of nitrogens with zero attached hydrogens (tertiary/aromatic N) is 3. The summed E-state index contributed by atoms with van der Waals surface area (Å²) in [6.07, 6.45) is 0. The lowest BCUT2D eigenvalue weighted by Crippen LogP contribution is -2.27. The van der Waals surface area contributed by atoms with E-state index in [4.69, 9.17) is 0 Å². The molecule has 0 aliphatic rings. The SMILES string of the molecule is Cc1nc(=O)n(Cc2cc(F)cc([N+](=O)[O-])c2)c(C)c1Br. The third-order valence-corrected chi connectivity index (χ3v) is 4.18. The molecule has 2 aromatic rings. The summed E-state index contributed by atoms with van der Waals surface area (Å²) < 4.78 is 15.4. The van der Waals surface area contributed by atoms with Crippen LogP contribution in [0.25, 0.3) is 0 Å². The van der Waals surface area contributed by atoms with E-state index in [9.17, 15) is 19.3 Å². The van der Waals surface area contributed by atoms with Crippen LogP contribution < -0.4 is 5.69 Å². The summed E-state index contributed by atoms with van der Waals surface area (Å²) >= 11 is 3.33. The van der Waals surface area contributed by atoms with Gasteiger partial charge in [-0.25, -0.2) is 9.18 Å². The molecule has 6 nitrogen and oxygen atoms in total. The molecule has 8 heteroatoms. The van der Waals surface area contributed by atoms with Crippen LogP contribution in [0.3, 0.4) is 0 Å². The van der Waals surface area contributed by atoms with Gasteiger partial charge in [-0.05, 0) is 41.4 Å². The number of aryl methyl sites for hydroxylation is 1. The minimum Gasteiger partial charge on any atom is -0.291 e. The lowest BCUT2D eigenvalue weighted by molar-refractivity contribution is -0.385. The molecule has 2 rings (SSSR count). The van der Waals surface area contributed by atoms with E-state index in [1.54, 1.807) is 13.8 Å². The van der Waals surface area contributed by atoms with Gasteiger partial charge in [0.2, 0.25) is 0 Å². The highest BCUT2D eigenvalue weighted by Crippen LogP contribution is 2.20. The molecule has 0 fully saturated rings. The van der Waals surface area contributed by atoms with Crippen molar-refractivity contribution in [3.05, 3.63) is 66.0 Å². The monoisotopic (exact) mass is 355 g/mol. The predicted octanol–water partition coefficient (Wildman–Crippen LogP) is 2.72.